The zero-order valence-corrected chi connectivity index (χ0v) is 25.5. The average Bonchev–Trinajstić information content (AvgIpc) is 2.99. The van der Waals surface area contributed by atoms with Gasteiger partial charge in [0, 0.05) is 61.9 Å². The summed E-state index contributed by atoms with van der Waals surface area (Å²) < 4.78 is 4.42. The summed E-state index contributed by atoms with van der Waals surface area (Å²) >= 11 is 0. The molecule has 1 amide bonds. The van der Waals surface area contributed by atoms with E-state index in [0.717, 1.165) is 64.5 Å². The van der Waals surface area contributed by atoms with Crippen molar-refractivity contribution in [3.8, 4) is 0 Å². The van der Waals surface area contributed by atoms with Crippen LogP contribution in [0.1, 0.15) is 119 Å². The lowest BCUT2D eigenvalue weighted by Crippen LogP contribution is -2.32. The number of carbonyl (C=O) groups excluding carboxylic acids is 2. The first-order chi connectivity index (χ1) is 20.4. The summed E-state index contributed by atoms with van der Waals surface area (Å²) in [4.78, 5) is 25.8. The number of aryl methyl sites for hydroxylation is 2. The molecule has 42 heavy (non-hydrogen) atoms. The maximum atomic E-state index is 10.9. The molecule has 3 heterocycles. The molecule has 7 heteroatoms. The first-order valence-corrected chi connectivity index (χ1v) is 15.7. The molecular weight excluding hydrogens is 524 g/mol. The fraction of sp³-hybridized carbons (Fsp3) is 0.514. The first-order valence-electron chi connectivity index (χ1n) is 15.7. The van der Waals surface area contributed by atoms with Crippen LogP contribution >= 0.6 is 0 Å². The quantitative estimate of drug-likeness (QED) is 0.154. The molecule has 3 rings (SSSR count). The van der Waals surface area contributed by atoms with E-state index in [1.54, 1.807) is 0 Å². The van der Waals surface area contributed by atoms with Crippen molar-refractivity contribution in [2.75, 3.05) is 0 Å². The highest BCUT2D eigenvalue weighted by Gasteiger charge is 2.23. The number of pyridine rings is 3. The van der Waals surface area contributed by atoms with Crippen LogP contribution in [0, 0.1) is 0 Å². The minimum absolute atomic E-state index is 0.143. The molecule has 3 aromatic rings. The van der Waals surface area contributed by atoms with Crippen molar-refractivity contribution in [1.82, 2.24) is 4.98 Å². The van der Waals surface area contributed by atoms with Crippen molar-refractivity contribution in [2.45, 2.75) is 115 Å². The smallest absolute Gasteiger partial charge is 0.217 e. The zero-order chi connectivity index (χ0) is 30.2. The number of nitrogens with zero attached hydrogens (tertiary/aromatic N) is 3. The lowest BCUT2D eigenvalue weighted by Gasteiger charge is -2.26. The van der Waals surface area contributed by atoms with Crippen molar-refractivity contribution in [2.24, 2.45) is 5.73 Å². The zero-order valence-electron chi connectivity index (χ0n) is 25.5. The molecule has 2 N–H and O–H groups in total. The standard InChI is InChI=1S/C35H48N4O3/c1-3-29(32-16-24-39(25-17-32)20-8-4-6-10-34(36)40)27-33(31-12-18-37-19-13-31)26-28(2)30-14-22-38(23-15-30)21-9-5-7-11-35(41)42/h12-19,22-25,28-29,33H,3-11,20-21,26-27H2,1-2H3,(H-2,36,40,41,42)/p+1. The number of unbranched alkanes of at least 4 members (excludes halogenated alkanes) is 4. The molecule has 7 nitrogen and oxygen atoms in total. The number of rotatable bonds is 20. The molecule has 0 aliphatic carbocycles. The van der Waals surface area contributed by atoms with Gasteiger partial charge in [-0.1, -0.05) is 13.8 Å². The molecule has 0 aliphatic heterocycles. The molecule has 3 unspecified atom stereocenters. The Labute approximate surface area is 251 Å². The van der Waals surface area contributed by atoms with Crippen LogP contribution in [0.2, 0.25) is 0 Å². The van der Waals surface area contributed by atoms with Gasteiger partial charge in [0.2, 0.25) is 5.91 Å². The molecule has 0 saturated carbocycles. The van der Waals surface area contributed by atoms with E-state index in [2.05, 4.69) is 89.2 Å². The maximum absolute atomic E-state index is 10.9. The van der Waals surface area contributed by atoms with Crippen molar-refractivity contribution in [3.05, 3.63) is 90.3 Å². The Morgan fingerprint density at radius 1 is 0.738 bits per heavy atom. The molecule has 0 spiro atoms. The van der Waals surface area contributed by atoms with Gasteiger partial charge in [-0.05, 0) is 97.9 Å². The fourth-order valence-corrected chi connectivity index (χ4v) is 5.80. The Hall–Kier alpha value is -3.61. The Morgan fingerprint density at radius 3 is 1.79 bits per heavy atom. The maximum Gasteiger partial charge on any atom is 0.217 e. The number of carboxylic acid groups (broad SMARTS) is 1. The molecule has 0 fully saturated rings. The van der Waals surface area contributed by atoms with Crippen LogP contribution < -0.4 is 20.0 Å². The fourth-order valence-electron chi connectivity index (χ4n) is 5.80. The van der Waals surface area contributed by atoms with Crippen molar-refractivity contribution in [3.63, 3.8) is 0 Å². The van der Waals surface area contributed by atoms with Gasteiger partial charge in [-0.2, -0.15) is 0 Å². The second-order valence-corrected chi connectivity index (χ2v) is 11.7. The number of hydrogen-bond acceptors (Lipinski definition) is 4. The Kier molecular flexibility index (Phi) is 14.1. The van der Waals surface area contributed by atoms with Gasteiger partial charge in [-0.25, -0.2) is 9.13 Å². The van der Waals surface area contributed by atoms with Gasteiger partial charge in [-0.3, -0.25) is 9.78 Å². The minimum Gasteiger partial charge on any atom is -0.550 e. The van der Waals surface area contributed by atoms with Gasteiger partial charge in [0.15, 0.2) is 24.8 Å². The molecule has 3 atom stereocenters. The van der Waals surface area contributed by atoms with Gasteiger partial charge >= 0.3 is 0 Å². The van der Waals surface area contributed by atoms with E-state index in [1.807, 2.05) is 12.4 Å². The van der Waals surface area contributed by atoms with E-state index in [-0.39, 0.29) is 12.3 Å². The van der Waals surface area contributed by atoms with E-state index in [4.69, 9.17) is 5.73 Å². The number of nitrogens with two attached hydrogens (primary N) is 1. The van der Waals surface area contributed by atoms with Crippen LogP contribution in [-0.2, 0) is 22.7 Å². The summed E-state index contributed by atoms with van der Waals surface area (Å²) in [6.45, 7) is 6.45. The van der Waals surface area contributed by atoms with Crippen LogP contribution in [0.5, 0.6) is 0 Å². The number of amides is 1. The monoisotopic (exact) mass is 573 g/mol. The van der Waals surface area contributed by atoms with Crippen molar-refractivity contribution >= 4 is 11.9 Å². The molecule has 0 bridgehead atoms. The normalized spacial score (nSPS) is 13.4. The Bertz CT molecular complexity index is 1200. The van der Waals surface area contributed by atoms with Crippen LogP contribution in [0.3, 0.4) is 0 Å². The summed E-state index contributed by atoms with van der Waals surface area (Å²) in [6, 6.07) is 13.4. The van der Waals surface area contributed by atoms with E-state index >= 15 is 0 Å². The van der Waals surface area contributed by atoms with Crippen LogP contribution in [0.15, 0.2) is 73.6 Å². The summed E-state index contributed by atoms with van der Waals surface area (Å²) in [5.41, 5.74) is 9.31. The summed E-state index contributed by atoms with van der Waals surface area (Å²) in [7, 11) is 0. The largest absolute Gasteiger partial charge is 0.550 e. The number of aliphatic carboxylic acids is 1. The Morgan fingerprint density at radius 2 is 1.26 bits per heavy atom. The first kappa shape index (κ1) is 32.9. The summed E-state index contributed by atoms with van der Waals surface area (Å²) in [5, 5.41) is 10.6. The Balaban J connectivity index is 1.60. The number of primary amides is 1. The van der Waals surface area contributed by atoms with Crippen molar-refractivity contribution < 1.29 is 23.8 Å². The lowest BCUT2D eigenvalue weighted by molar-refractivity contribution is -0.697. The highest BCUT2D eigenvalue weighted by molar-refractivity contribution is 5.73. The van der Waals surface area contributed by atoms with E-state index in [1.165, 1.54) is 16.7 Å². The predicted octanol–water partition coefficient (Wildman–Crippen LogP) is 4.87. The number of hydrogen-bond donors (Lipinski definition) is 1. The van der Waals surface area contributed by atoms with Crippen LogP contribution in [-0.4, -0.2) is 16.9 Å². The third-order valence-corrected chi connectivity index (χ3v) is 8.39. The lowest BCUT2D eigenvalue weighted by atomic mass is 9.79. The highest BCUT2D eigenvalue weighted by atomic mass is 16.4. The highest BCUT2D eigenvalue weighted by Crippen LogP contribution is 2.38. The van der Waals surface area contributed by atoms with Gasteiger partial charge in [0.1, 0.15) is 13.1 Å². The van der Waals surface area contributed by atoms with Crippen molar-refractivity contribution in [1.29, 1.82) is 0 Å². The topological polar surface area (TPSA) is 104 Å². The second-order valence-electron chi connectivity index (χ2n) is 11.7. The number of carboxylic acids is 1. The van der Waals surface area contributed by atoms with Crippen LogP contribution in [0.4, 0.5) is 0 Å². The van der Waals surface area contributed by atoms with E-state index < -0.39 is 5.97 Å². The number of carbonyl (C=O) groups is 2. The summed E-state index contributed by atoms with van der Waals surface area (Å²) in [6.07, 6.45) is 21.8. The van der Waals surface area contributed by atoms with Gasteiger partial charge in [0.25, 0.3) is 0 Å². The van der Waals surface area contributed by atoms with E-state index in [9.17, 15) is 14.7 Å². The third kappa shape index (κ3) is 11.7. The predicted molar refractivity (Wildman–Crippen MR) is 162 cm³/mol. The summed E-state index contributed by atoms with van der Waals surface area (Å²) in [5.74, 6) is 0.114. The SMILES string of the molecule is CCC(CC(CC(C)c1cc[n+](CCCCCC(=O)[O-])cc1)c1ccncc1)c1cc[n+](CCCCCC(N)=O)cc1. The molecule has 226 valence electrons. The minimum atomic E-state index is -0.963. The third-order valence-electron chi connectivity index (χ3n) is 8.39. The van der Waals surface area contributed by atoms with Gasteiger partial charge in [-0.15, -0.1) is 0 Å². The van der Waals surface area contributed by atoms with Crippen LogP contribution in [0.25, 0.3) is 0 Å². The van der Waals surface area contributed by atoms with Gasteiger partial charge in [0.05, 0.1) is 0 Å². The second kappa shape index (κ2) is 18.0. The average molecular weight is 574 g/mol. The molecule has 0 saturated heterocycles. The van der Waals surface area contributed by atoms with E-state index in [0.29, 0.717) is 30.6 Å². The molecule has 0 radical (unpaired) electrons. The number of aromatic nitrogens is 3. The molecular formula is C35H49N4O3+. The molecule has 0 aromatic carbocycles. The van der Waals surface area contributed by atoms with Gasteiger partial charge < -0.3 is 15.6 Å². The molecule has 3 aromatic heterocycles. The molecule has 0 aliphatic rings.